The maximum absolute atomic E-state index is 11.2. The number of carboxylic acids is 1. The van der Waals surface area contributed by atoms with Crippen LogP contribution in [0.3, 0.4) is 0 Å². The largest absolute Gasteiger partial charge is 0.479 e. The van der Waals surface area contributed by atoms with Gasteiger partial charge in [-0.2, -0.15) is 0 Å². The summed E-state index contributed by atoms with van der Waals surface area (Å²) in [5, 5.41) is 17.1. The van der Waals surface area contributed by atoms with Gasteiger partial charge in [-0.3, -0.25) is 0 Å². The first-order valence-corrected chi connectivity index (χ1v) is 5.48. The van der Waals surface area contributed by atoms with E-state index < -0.39 is 11.5 Å². The molecular weight excluding hydrogens is 206 g/mol. The first-order valence-electron chi connectivity index (χ1n) is 5.48. The highest BCUT2D eigenvalue weighted by atomic mass is 16.4. The lowest BCUT2D eigenvalue weighted by Gasteiger charge is -2.20. The van der Waals surface area contributed by atoms with Gasteiger partial charge in [-0.15, -0.1) is 10.2 Å². The van der Waals surface area contributed by atoms with Crippen LogP contribution < -0.4 is 0 Å². The van der Waals surface area contributed by atoms with Gasteiger partial charge in [0.15, 0.2) is 0 Å². The minimum Gasteiger partial charge on any atom is -0.479 e. The number of carboxylic acid groups (broad SMARTS) is 1. The summed E-state index contributed by atoms with van der Waals surface area (Å²) in [6, 6.07) is 0. The van der Waals surface area contributed by atoms with Crippen molar-refractivity contribution in [3.8, 4) is 0 Å². The molecule has 0 spiro atoms. The van der Waals surface area contributed by atoms with E-state index in [0.717, 1.165) is 12.2 Å². The van der Waals surface area contributed by atoms with E-state index in [1.807, 2.05) is 0 Å². The molecule has 16 heavy (non-hydrogen) atoms. The van der Waals surface area contributed by atoms with Crippen molar-refractivity contribution in [2.75, 3.05) is 0 Å². The Balaban J connectivity index is 2.30. The second-order valence-corrected chi connectivity index (χ2v) is 5.69. The Morgan fingerprint density at radius 1 is 1.56 bits per heavy atom. The summed E-state index contributed by atoms with van der Waals surface area (Å²) in [5.41, 5.74) is -0.677. The number of aromatic nitrogens is 3. The lowest BCUT2D eigenvalue weighted by atomic mass is 9.92. The highest BCUT2D eigenvalue weighted by molar-refractivity contribution is 5.80. The molecule has 0 bridgehead atoms. The van der Waals surface area contributed by atoms with Crippen molar-refractivity contribution < 1.29 is 9.90 Å². The van der Waals surface area contributed by atoms with E-state index in [9.17, 15) is 9.90 Å². The minimum atomic E-state index is -0.776. The van der Waals surface area contributed by atoms with Crippen LogP contribution in [-0.4, -0.2) is 25.8 Å². The lowest BCUT2D eigenvalue weighted by molar-refractivity contribution is -0.142. The fourth-order valence-corrected chi connectivity index (χ4v) is 1.89. The maximum atomic E-state index is 11.2. The molecule has 0 unspecified atom stereocenters. The van der Waals surface area contributed by atoms with Crippen LogP contribution in [0.25, 0.3) is 0 Å². The zero-order valence-corrected chi connectivity index (χ0v) is 9.90. The van der Waals surface area contributed by atoms with E-state index in [-0.39, 0.29) is 5.41 Å². The number of hydrogen-bond acceptors (Lipinski definition) is 3. The summed E-state index contributed by atoms with van der Waals surface area (Å²) >= 11 is 0. The molecule has 5 heteroatoms. The van der Waals surface area contributed by atoms with Crippen LogP contribution in [0, 0.1) is 5.41 Å². The first kappa shape index (κ1) is 11.1. The molecular formula is C11H17N3O2. The summed E-state index contributed by atoms with van der Waals surface area (Å²) < 4.78 is 1.74. The molecule has 0 saturated heterocycles. The van der Waals surface area contributed by atoms with E-state index in [1.165, 1.54) is 0 Å². The van der Waals surface area contributed by atoms with Crippen LogP contribution in [0.4, 0.5) is 0 Å². The smallest absolute Gasteiger partial charge is 0.329 e. The van der Waals surface area contributed by atoms with Gasteiger partial charge < -0.3 is 9.67 Å². The van der Waals surface area contributed by atoms with Crippen molar-refractivity contribution in [3.63, 3.8) is 0 Å². The molecule has 1 aromatic heterocycles. The van der Waals surface area contributed by atoms with Crippen molar-refractivity contribution >= 4 is 5.97 Å². The molecule has 88 valence electrons. The van der Waals surface area contributed by atoms with Gasteiger partial charge in [-0.25, -0.2) is 4.79 Å². The van der Waals surface area contributed by atoms with Gasteiger partial charge in [0, 0.05) is 6.42 Å². The van der Waals surface area contributed by atoms with Gasteiger partial charge in [0.1, 0.15) is 17.7 Å². The fraction of sp³-hybridized carbons (Fsp3) is 0.727. The Hall–Kier alpha value is -1.39. The average Bonchev–Trinajstić information content (AvgIpc) is 2.81. The standard InChI is InChI=1S/C11H17N3O2/c1-10(2,3)6-8-13-12-7-14(8)11(4-5-11)9(15)16/h7H,4-6H2,1-3H3,(H,15,16). The van der Waals surface area contributed by atoms with E-state index in [1.54, 1.807) is 10.9 Å². The molecule has 0 aromatic carbocycles. The molecule has 0 atom stereocenters. The lowest BCUT2D eigenvalue weighted by Crippen LogP contribution is -2.29. The molecule has 1 aromatic rings. The van der Waals surface area contributed by atoms with Crippen LogP contribution in [-0.2, 0) is 16.8 Å². The predicted molar refractivity (Wildman–Crippen MR) is 58.0 cm³/mol. The molecule has 1 heterocycles. The van der Waals surface area contributed by atoms with Crippen LogP contribution in [0.15, 0.2) is 6.33 Å². The molecule has 1 aliphatic carbocycles. The zero-order chi connectivity index (χ0) is 12.0. The van der Waals surface area contributed by atoms with E-state index in [4.69, 9.17) is 0 Å². The van der Waals surface area contributed by atoms with E-state index in [2.05, 4.69) is 31.0 Å². The van der Waals surface area contributed by atoms with Gasteiger partial charge in [-0.1, -0.05) is 20.8 Å². The number of carbonyl (C=O) groups is 1. The van der Waals surface area contributed by atoms with Gasteiger partial charge in [0.2, 0.25) is 0 Å². The fourth-order valence-electron chi connectivity index (χ4n) is 1.89. The average molecular weight is 223 g/mol. The zero-order valence-electron chi connectivity index (χ0n) is 9.90. The van der Waals surface area contributed by atoms with Crippen LogP contribution in [0.2, 0.25) is 0 Å². The Labute approximate surface area is 94.5 Å². The number of hydrogen-bond donors (Lipinski definition) is 1. The Morgan fingerprint density at radius 3 is 2.62 bits per heavy atom. The highest BCUT2D eigenvalue weighted by Gasteiger charge is 2.53. The predicted octanol–water partition coefficient (Wildman–Crippen LogP) is 1.44. The third-order valence-corrected chi connectivity index (χ3v) is 2.89. The molecule has 0 aliphatic heterocycles. The molecule has 0 radical (unpaired) electrons. The third kappa shape index (κ3) is 1.81. The molecule has 0 amide bonds. The van der Waals surface area contributed by atoms with Crippen molar-refractivity contribution in [2.45, 2.75) is 45.6 Å². The molecule has 5 nitrogen and oxygen atoms in total. The van der Waals surface area contributed by atoms with Gasteiger partial charge in [0.25, 0.3) is 0 Å². The highest BCUT2D eigenvalue weighted by Crippen LogP contribution is 2.44. The van der Waals surface area contributed by atoms with Gasteiger partial charge in [0.05, 0.1) is 0 Å². The van der Waals surface area contributed by atoms with E-state index in [0.29, 0.717) is 12.8 Å². The van der Waals surface area contributed by atoms with Crippen molar-refractivity contribution in [1.29, 1.82) is 0 Å². The van der Waals surface area contributed by atoms with Gasteiger partial charge in [-0.05, 0) is 18.3 Å². The second kappa shape index (κ2) is 3.30. The van der Waals surface area contributed by atoms with Gasteiger partial charge >= 0.3 is 5.97 Å². The Bertz CT molecular complexity index is 413. The molecule has 1 fully saturated rings. The quantitative estimate of drug-likeness (QED) is 0.841. The summed E-state index contributed by atoms with van der Waals surface area (Å²) in [4.78, 5) is 11.2. The van der Waals surface area contributed by atoms with E-state index >= 15 is 0 Å². The summed E-state index contributed by atoms with van der Waals surface area (Å²) in [7, 11) is 0. The van der Waals surface area contributed by atoms with Crippen LogP contribution in [0.1, 0.15) is 39.4 Å². The summed E-state index contributed by atoms with van der Waals surface area (Å²) in [6.45, 7) is 6.31. The molecule has 2 rings (SSSR count). The molecule has 1 aliphatic rings. The van der Waals surface area contributed by atoms with Crippen molar-refractivity contribution in [3.05, 3.63) is 12.2 Å². The number of rotatable bonds is 3. The third-order valence-electron chi connectivity index (χ3n) is 2.89. The SMILES string of the molecule is CC(C)(C)Cc1nncn1C1(C(=O)O)CC1. The topological polar surface area (TPSA) is 68.0 Å². The van der Waals surface area contributed by atoms with Crippen LogP contribution >= 0.6 is 0 Å². The summed E-state index contributed by atoms with van der Waals surface area (Å²) in [6.07, 6.45) is 3.64. The number of nitrogens with zero attached hydrogens (tertiary/aromatic N) is 3. The first-order chi connectivity index (χ1) is 7.35. The monoisotopic (exact) mass is 223 g/mol. The maximum Gasteiger partial charge on any atom is 0.329 e. The Morgan fingerprint density at radius 2 is 2.19 bits per heavy atom. The van der Waals surface area contributed by atoms with Crippen molar-refractivity contribution in [1.82, 2.24) is 14.8 Å². The normalized spacial score (nSPS) is 18.4. The second-order valence-electron chi connectivity index (χ2n) is 5.69. The number of aliphatic carboxylic acids is 1. The minimum absolute atomic E-state index is 0.0827. The van der Waals surface area contributed by atoms with Crippen LogP contribution in [0.5, 0.6) is 0 Å². The Kier molecular flexibility index (Phi) is 2.29. The summed E-state index contributed by atoms with van der Waals surface area (Å²) in [5.74, 6) is -0.00476. The molecule has 1 saturated carbocycles. The van der Waals surface area contributed by atoms with Crippen molar-refractivity contribution in [2.24, 2.45) is 5.41 Å². The molecule has 1 N–H and O–H groups in total.